The summed E-state index contributed by atoms with van der Waals surface area (Å²) in [6.07, 6.45) is 1.71. The van der Waals surface area contributed by atoms with Crippen LogP contribution in [0.25, 0.3) is 0 Å². The van der Waals surface area contributed by atoms with E-state index in [0.29, 0.717) is 13.0 Å². The molecule has 114 valence electrons. The van der Waals surface area contributed by atoms with Gasteiger partial charge in [-0.3, -0.25) is 4.79 Å². The average molecular weight is 310 g/mol. The summed E-state index contributed by atoms with van der Waals surface area (Å²) in [5, 5.41) is 2.76. The highest BCUT2D eigenvalue weighted by Gasteiger charge is 2.23. The summed E-state index contributed by atoms with van der Waals surface area (Å²) >= 11 is 0. The highest BCUT2D eigenvalue weighted by molar-refractivity contribution is 7.89. The van der Waals surface area contributed by atoms with Crippen LogP contribution in [0.3, 0.4) is 0 Å². The van der Waals surface area contributed by atoms with E-state index in [9.17, 15) is 13.2 Å². The predicted molar refractivity (Wildman–Crippen MR) is 78.1 cm³/mol. The van der Waals surface area contributed by atoms with Crippen molar-refractivity contribution in [2.24, 2.45) is 0 Å². The first-order valence-corrected chi connectivity index (χ1v) is 8.10. The third-order valence-electron chi connectivity index (χ3n) is 3.27. The van der Waals surface area contributed by atoms with Gasteiger partial charge in [-0.25, -0.2) is 13.1 Å². The molecule has 1 heterocycles. The standard InChI is InChI=1S/C14H18N2O4S/c1-2-20-8-7-16-21(18,19)13-5-3-11(4-6-13)12-9-14(17)15-10-12/h2-6,12,16H,1,7-10H2,(H,15,17). The molecule has 7 heteroatoms. The van der Waals surface area contributed by atoms with Gasteiger partial charge < -0.3 is 10.1 Å². The molecule has 0 spiro atoms. The van der Waals surface area contributed by atoms with E-state index >= 15 is 0 Å². The smallest absolute Gasteiger partial charge is 0.240 e. The van der Waals surface area contributed by atoms with Crippen LogP contribution in [0, 0.1) is 0 Å². The Labute approximate surface area is 124 Å². The lowest BCUT2D eigenvalue weighted by Gasteiger charge is -2.10. The van der Waals surface area contributed by atoms with Gasteiger partial charge >= 0.3 is 0 Å². The minimum absolute atomic E-state index is 0.0283. The predicted octanol–water partition coefficient (Wildman–Crippen LogP) is 0.728. The van der Waals surface area contributed by atoms with E-state index in [1.54, 1.807) is 24.3 Å². The van der Waals surface area contributed by atoms with Crippen molar-refractivity contribution in [1.82, 2.24) is 10.0 Å². The first-order valence-electron chi connectivity index (χ1n) is 6.62. The number of hydrogen-bond donors (Lipinski definition) is 2. The second kappa shape index (κ2) is 6.73. The molecule has 1 saturated heterocycles. The lowest BCUT2D eigenvalue weighted by molar-refractivity contribution is -0.119. The molecule has 0 saturated carbocycles. The van der Waals surface area contributed by atoms with Gasteiger partial charge in [0.15, 0.2) is 0 Å². The Kier molecular flexibility index (Phi) is 4.98. The van der Waals surface area contributed by atoms with Gasteiger partial charge in [-0.2, -0.15) is 0 Å². The molecule has 21 heavy (non-hydrogen) atoms. The van der Waals surface area contributed by atoms with Gasteiger partial charge in [0.25, 0.3) is 0 Å². The van der Waals surface area contributed by atoms with Gasteiger partial charge in [0.1, 0.15) is 6.61 Å². The third kappa shape index (κ3) is 4.05. The molecule has 0 aliphatic carbocycles. The zero-order valence-electron chi connectivity index (χ0n) is 11.5. The largest absolute Gasteiger partial charge is 0.500 e. The summed E-state index contributed by atoms with van der Waals surface area (Å²) in [6.45, 7) is 4.39. The second-order valence-electron chi connectivity index (χ2n) is 4.71. The quantitative estimate of drug-likeness (QED) is 0.574. The van der Waals surface area contributed by atoms with Crippen molar-refractivity contribution in [2.45, 2.75) is 17.2 Å². The van der Waals surface area contributed by atoms with E-state index in [4.69, 9.17) is 4.74 Å². The number of ether oxygens (including phenoxy) is 1. The van der Waals surface area contributed by atoms with Crippen LogP contribution in [0.15, 0.2) is 42.0 Å². The zero-order valence-corrected chi connectivity index (χ0v) is 12.4. The Morgan fingerprint density at radius 2 is 2.10 bits per heavy atom. The lowest BCUT2D eigenvalue weighted by atomic mass is 9.99. The Hall–Kier alpha value is -1.86. The number of amides is 1. The molecule has 1 aliphatic rings. The van der Waals surface area contributed by atoms with Crippen LogP contribution < -0.4 is 10.0 Å². The van der Waals surface area contributed by atoms with Crippen LogP contribution in [0.2, 0.25) is 0 Å². The number of carbonyl (C=O) groups is 1. The van der Waals surface area contributed by atoms with Crippen LogP contribution in [0.5, 0.6) is 0 Å². The van der Waals surface area contributed by atoms with E-state index in [1.165, 1.54) is 6.26 Å². The molecule has 0 radical (unpaired) electrons. The molecular formula is C14H18N2O4S. The highest BCUT2D eigenvalue weighted by atomic mass is 32.2. The topological polar surface area (TPSA) is 84.5 Å². The summed E-state index contributed by atoms with van der Waals surface area (Å²) in [6, 6.07) is 6.60. The molecular weight excluding hydrogens is 292 g/mol. The second-order valence-corrected chi connectivity index (χ2v) is 6.48. The molecule has 0 aromatic heterocycles. The summed E-state index contributed by atoms with van der Waals surface area (Å²) in [5.41, 5.74) is 0.960. The Balaban J connectivity index is 2.00. The van der Waals surface area contributed by atoms with Gasteiger partial charge in [-0.15, -0.1) is 0 Å². The normalized spacial score (nSPS) is 18.3. The van der Waals surface area contributed by atoms with E-state index in [-0.39, 0.29) is 29.9 Å². The number of hydrogen-bond acceptors (Lipinski definition) is 4. The summed E-state index contributed by atoms with van der Waals surface area (Å²) in [7, 11) is -3.54. The molecule has 1 aromatic carbocycles. The fourth-order valence-corrected chi connectivity index (χ4v) is 3.17. The average Bonchev–Trinajstić information content (AvgIpc) is 2.90. The van der Waals surface area contributed by atoms with E-state index < -0.39 is 10.0 Å². The maximum Gasteiger partial charge on any atom is 0.240 e. The molecule has 2 rings (SSSR count). The molecule has 1 aliphatic heterocycles. The van der Waals surface area contributed by atoms with Crippen LogP contribution in [0.1, 0.15) is 17.9 Å². The Bertz CT molecular complexity index is 610. The van der Waals surface area contributed by atoms with Crippen molar-refractivity contribution in [3.63, 3.8) is 0 Å². The van der Waals surface area contributed by atoms with Gasteiger partial charge in [0.05, 0.1) is 11.2 Å². The van der Waals surface area contributed by atoms with Gasteiger partial charge in [-0.1, -0.05) is 18.7 Å². The SMILES string of the molecule is C=COCCNS(=O)(=O)c1ccc(C2CNC(=O)C2)cc1. The molecule has 2 N–H and O–H groups in total. The van der Waals surface area contributed by atoms with Crippen LogP contribution in [-0.4, -0.2) is 34.0 Å². The van der Waals surface area contributed by atoms with Crippen molar-refractivity contribution in [1.29, 1.82) is 0 Å². The van der Waals surface area contributed by atoms with Gasteiger partial charge in [-0.05, 0) is 17.7 Å². The summed E-state index contributed by atoms with van der Waals surface area (Å²) in [4.78, 5) is 11.4. The molecule has 6 nitrogen and oxygen atoms in total. The maximum atomic E-state index is 12.0. The van der Waals surface area contributed by atoms with Crippen molar-refractivity contribution in [3.05, 3.63) is 42.7 Å². The number of benzene rings is 1. The zero-order chi connectivity index (χ0) is 15.3. The van der Waals surface area contributed by atoms with Crippen molar-refractivity contribution < 1.29 is 17.9 Å². The highest BCUT2D eigenvalue weighted by Crippen LogP contribution is 2.24. The minimum atomic E-state index is -3.54. The number of nitrogens with one attached hydrogen (secondary N) is 2. The fraction of sp³-hybridized carbons (Fsp3) is 0.357. The van der Waals surface area contributed by atoms with Crippen LogP contribution in [0.4, 0.5) is 0 Å². The molecule has 1 atom stereocenters. The molecule has 1 fully saturated rings. The molecule has 1 aromatic rings. The number of sulfonamides is 1. The van der Waals surface area contributed by atoms with E-state index in [0.717, 1.165) is 5.56 Å². The van der Waals surface area contributed by atoms with Gasteiger partial charge in [0, 0.05) is 25.4 Å². The van der Waals surface area contributed by atoms with E-state index in [2.05, 4.69) is 16.6 Å². The van der Waals surface area contributed by atoms with Crippen molar-refractivity contribution in [3.8, 4) is 0 Å². The summed E-state index contributed by atoms with van der Waals surface area (Å²) in [5.74, 6) is 0.142. The first-order chi connectivity index (χ1) is 10.0. The molecule has 1 unspecified atom stereocenters. The third-order valence-corrected chi connectivity index (χ3v) is 4.75. The van der Waals surface area contributed by atoms with Crippen molar-refractivity contribution in [2.75, 3.05) is 19.7 Å². The van der Waals surface area contributed by atoms with E-state index in [1.807, 2.05) is 0 Å². The number of rotatable bonds is 7. The fourth-order valence-electron chi connectivity index (χ4n) is 2.16. The first kappa shape index (κ1) is 15.5. The Morgan fingerprint density at radius 3 is 2.67 bits per heavy atom. The molecule has 1 amide bonds. The minimum Gasteiger partial charge on any atom is -0.500 e. The van der Waals surface area contributed by atoms with Crippen LogP contribution >= 0.6 is 0 Å². The Morgan fingerprint density at radius 1 is 1.38 bits per heavy atom. The van der Waals surface area contributed by atoms with Crippen molar-refractivity contribution >= 4 is 15.9 Å². The summed E-state index contributed by atoms with van der Waals surface area (Å²) < 4.78 is 31.3. The van der Waals surface area contributed by atoms with Crippen LogP contribution in [-0.2, 0) is 19.6 Å². The number of carbonyl (C=O) groups excluding carboxylic acids is 1. The van der Waals surface area contributed by atoms with Gasteiger partial charge in [0.2, 0.25) is 15.9 Å². The maximum absolute atomic E-state index is 12.0. The molecule has 0 bridgehead atoms. The monoisotopic (exact) mass is 310 g/mol. The lowest BCUT2D eigenvalue weighted by Crippen LogP contribution is -2.27.